The Hall–Kier alpha value is -2.71. The van der Waals surface area contributed by atoms with Crippen molar-refractivity contribution in [1.29, 1.82) is 5.26 Å². The molecular weight excluding hydrogens is 252 g/mol. The van der Waals surface area contributed by atoms with Gasteiger partial charge >= 0.3 is 0 Å². The molecule has 0 spiro atoms. The molecule has 0 saturated heterocycles. The van der Waals surface area contributed by atoms with Crippen LogP contribution in [0.4, 0.5) is 0 Å². The molecule has 1 heterocycles. The number of aliphatic hydroxyl groups is 1. The van der Waals surface area contributed by atoms with Crippen molar-refractivity contribution < 1.29 is 5.11 Å². The van der Waals surface area contributed by atoms with Gasteiger partial charge in [-0.25, -0.2) is 4.68 Å². The predicted molar refractivity (Wildman–Crippen MR) is 74.2 cm³/mol. The van der Waals surface area contributed by atoms with Gasteiger partial charge in [0.05, 0.1) is 28.9 Å². The second kappa shape index (κ2) is 4.76. The van der Waals surface area contributed by atoms with Crippen molar-refractivity contribution in [2.75, 3.05) is 0 Å². The summed E-state index contributed by atoms with van der Waals surface area (Å²) in [5.74, 6) is 0. The van der Waals surface area contributed by atoms with E-state index in [1.165, 1.54) is 0 Å². The topological polar surface area (TPSA) is 74.7 Å². The number of nitrogens with zero attached hydrogens (tertiary/aromatic N) is 4. The smallest absolute Gasteiger partial charge is 0.113 e. The second-order valence-corrected chi connectivity index (χ2v) is 4.55. The number of hydrogen-bond donors (Lipinski definition) is 1. The zero-order valence-corrected chi connectivity index (χ0v) is 10.9. The zero-order chi connectivity index (χ0) is 14.1. The molecule has 0 aliphatic carbocycles. The average Bonchev–Trinajstić information content (AvgIpc) is 2.90. The fourth-order valence-electron chi connectivity index (χ4n) is 2.20. The fraction of sp³-hybridized carbons (Fsp3) is 0.133. The Morgan fingerprint density at radius 2 is 2.05 bits per heavy atom. The van der Waals surface area contributed by atoms with Gasteiger partial charge in [0.1, 0.15) is 5.52 Å². The van der Waals surface area contributed by atoms with Crippen LogP contribution in [0.3, 0.4) is 0 Å². The molecule has 1 N–H and O–H groups in total. The molecule has 5 heteroatoms. The molecule has 0 fully saturated rings. The van der Waals surface area contributed by atoms with Gasteiger partial charge in [0, 0.05) is 5.56 Å². The van der Waals surface area contributed by atoms with Crippen molar-refractivity contribution in [2.24, 2.45) is 0 Å². The van der Waals surface area contributed by atoms with E-state index in [4.69, 9.17) is 5.26 Å². The standard InChI is InChI=1S/C15H12N4O/c1-10(20)12-7-6-11(9-16)8-15(12)19-14-5-3-2-4-13(14)17-18-19/h2-8,10,20H,1H3. The van der Waals surface area contributed by atoms with Crippen molar-refractivity contribution >= 4 is 11.0 Å². The molecule has 20 heavy (non-hydrogen) atoms. The molecule has 5 nitrogen and oxygen atoms in total. The van der Waals surface area contributed by atoms with Gasteiger partial charge in [-0.05, 0) is 31.2 Å². The lowest BCUT2D eigenvalue weighted by Gasteiger charge is -2.12. The zero-order valence-electron chi connectivity index (χ0n) is 10.9. The summed E-state index contributed by atoms with van der Waals surface area (Å²) in [7, 11) is 0. The monoisotopic (exact) mass is 264 g/mol. The number of nitriles is 1. The average molecular weight is 264 g/mol. The maximum atomic E-state index is 9.89. The van der Waals surface area contributed by atoms with Crippen LogP contribution in [0.15, 0.2) is 42.5 Å². The normalized spacial score (nSPS) is 12.2. The summed E-state index contributed by atoms with van der Waals surface area (Å²) < 4.78 is 1.65. The Morgan fingerprint density at radius 1 is 1.25 bits per heavy atom. The number of fused-ring (bicyclic) bond motifs is 1. The Bertz CT molecular complexity index is 814. The molecular formula is C15H12N4O. The number of para-hydroxylation sites is 1. The molecule has 3 rings (SSSR count). The van der Waals surface area contributed by atoms with Gasteiger partial charge in [0.2, 0.25) is 0 Å². The van der Waals surface area contributed by atoms with Crippen LogP contribution in [0.25, 0.3) is 16.7 Å². The molecule has 1 unspecified atom stereocenters. The van der Waals surface area contributed by atoms with Gasteiger partial charge < -0.3 is 5.11 Å². The molecule has 0 radical (unpaired) electrons. The Balaban J connectivity index is 2.30. The number of hydrogen-bond acceptors (Lipinski definition) is 4. The Kier molecular flexibility index (Phi) is 2.93. The van der Waals surface area contributed by atoms with Gasteiger partial charge in [-0.3, -0.25) is 0 Å². The maximum Gasteiger partial charge on any atom is 0.113 e. The van der Waals surface area contributed by atoms with Crippen molar-refractivity contribution in [3.05, 3.63) is 53.6 Å². The van der Waals surface area contributed by atoms with Gasteiger partial charge in [0.15, 0.2) is 0 Å². The van der Waals surface area contributed by atoms with Crippen molar-refractivity contribution in [1.82, 2.24) is 15.0 Å². The summed E-state index contributed by atoms with van der Waals surface area (Å²) in [6, 6.07) is 14.8. The van der Waals surface area contributed by atoms with Crippen LogP contribution in [0.5, 0.6) is 0 Å². The highest BCUT2D eigenvalue weighted by atomic mass is 16.3. The van der Waals surface area contributed by atoms with E-state index in [1.807, 2.05) is 24.3 Å². The third kappa shape index (κ3) is 1.92. The van der Waals surface area contributed by atoms with Crippen LogP contribution < -0.4 is 0 Å². The number of aromatic nitrogens is 3. The van der Waals surface area contributed by atoms with E-state index in [1.54, 1.807) is 29.8 Å². The third-order valence-corrected chi connectivity index (χ3v) is 3.19. The molecule has 0 aliphatic heterocycles. The highest BCUT2D eigenvalue weighted by molar-refractivity contribution is 5.76. The quantitative estimate of drug-likeness (QED) is 0.771. The van der Waals surface area contributed by atoms with Crippen molar-refractivity contribution in [2.45, 2.75) is 13.0 Å². The first-order chi connectivity index (χ1) is 9.70. The lowest BCUT2D eigenvalue weighted by Crippen LogP contribution is -2.04. The second-order valence-electron chi connectivity index (χ2n) is 4.55. The molecule has 0 saturated carbocycles. The summed E-state index contributed by atoms with van der Waals surface area (Å²) in [6.07, 6.45) is -0.652. The van der Waals surface area contributed by atoms with E-state index in [0.29, 0.717) is 16.8 Å². The van der Waals surface area contributed by atoms with Crippen molar-refractivity contribution in [3.8, 4) is 11.8 Å². The molecule has 0 bridgehead atoms. The lowest BCUT2D eigenvalue weighted by atomic mass is 10.1. The maximum absolute atomic E-state index is 9.89. The molecule has 0 aliphatic rings. The first-order valence-electron chi connectivity index (χ1n) is 6.23. The van der Waals surface area contributed by atoms with Gasteiger partial charge in [0.25, 0.3) is 0 Å². The van der Waals surface area contributed by atoms with E-state index in [2.05, 4.69) is 16.4 Å². The highest BCUT2D eigenvalue weighted by Crippen LogP contribution is 2.25. The summed E-state index contributed by atoms with van der Waals surface area (Å²) in [5.41, 5.74) is 3.51. The van der Waals surface area contributed by atoms with E-state index >= 15 is 0 Å². The Labute approximate surface area is 115 Å². The summed E-state index contributed by atoms with van der Waals surface area (Å²) in [4.78, 5) is 0. The summed E-state index contributed by atoms with van der Waals surface area (Å²) >= 11 is 0. The van der Waals surface area contributed by atoms with E-state index in [-0.39, 0.29) is 0 Å². The molecule has 2 aromatic carbocycles. The minimum atomic E-state index is -0.652. The molecule has 1 atom stereocenters. The van der Waals surface area contributed by atoms with Gasteiger partial charge in [-0.1, -0.05) is 23.4 Å². The van der Waals surface area contributed by atoms with Crippen LogP contribution in [-0.4, -0.2) is 20.1 Å². The molecule has 98 valence electrons. The van der Waals surface area contributed by atoms with E-state index in [9.17, 15) is 5.11 Å². The molecule has 3 aromatic rings. The van der Waals surface area contributed by atoms with E-state index in [0.717, 1.165) is 11.0 Å². The minimum absolute atomic E-state index is 0.518. The van der Waals surface area contributed by atoms with Crippen LogP contribution in [0.1, 0.15) is 24.2 Å². The summed E-state index contributed by atoms with van der Waals surface area (Å²) in [6.45, 7) is 1.68. The van der Waals surface area contributed by atoms with Crippen LogP contribution in [0, 0.1) is 11.3 Å². The fourth-order valence-corrected chi connectivity index (χ4v) is 2.20. The lowest BCUT2D eigenvalue weighted by molar-refractivity contribution is 0.199. The van der Waals surface area contributed by atoms with E-state index < -0.39 is 6.10 Å². The Morgan fingerprint density at radius 3 is 2.80 bits per heavy atom. The SMILES string of the molecule is CC(O)c1ccc(C#N)cc1-n1nnc2ccccc21. The van der Waals surface area contributed by atoms with Crippen LogP contribution >= 0.6 is 0 Å². The largest absolute Gasteiger partial charge is 0.389 e. The van der Waals surface area contributed by atoms with Crippen molar-refractivity contribution in [3.63, 3.8) is 0 Å². The number of rotatable bonds is 2. The predicted octanol–water partition coefficient (Wildman–Crippen LogP) is 2.35. The number of aliphatic hydroxyl groups excluding tert-OH is 1. The van der Waals surface area contributed by atoms with Crippen LogP contribution in [0.2, 0.25) is 0 Å². The third-order valence-electron chi connectivity index (χ3n) is 3.19. The summed E-state index contributed by atoms with van der Waals surface area (Å²) in [5, 5.41) is 27.2. The number of benzene rings is 2. The molecule has 0 amide bonds. The highest BCUT2D eigenvalue weighted by Gasteiger charge is 2.14. The van der Waals surface area contributed by atoms with Gasteiger partial charge in [-0.15, -0.1) is 5.10 Å². The van der Waals surface area contributed by atoms with Gasteiger partial charge in [-0.2, -0.15) is 5.26 Å². The minimum Gasteiger partial charge on any atom is -0.389 e. The van der Waals surface area contributed by atoms with Crippen LogP contribution in [-0.2, 0) is 0 Å². The first-order valence-corrected chi connectivity index (χ1v) is 6.23. The molecule has 1 aromatic heterocycles. The first kappa shape index (κ1) is 12.3.